The Balaban J connectivity index is -0.0000000133. The van der Waals surface area contributed by atoms with E-state index in [-0.39, 0.29) is 109 Å². The van der Waals surface area contributed by atoms with Crippen molar-refractivity contribution in [1.82, 2.24) is 0 Å². The van der Waals surface area contributed by atoms with Crippen molar-refractivity contribution in [1.29, 1.82) is 0 Å². The standard InChI is InChI=1S/Al.Ba.Mg.O4Si.Zn/c;;;1-5(2,3)4;/q+3;2*+2;-4;+2. The zero-order valence-electron chi connectivity index (χ0n) is 4.83. The van der Waals surface area contributed by atoms with Crippen LogP contribution in [-0.2, 0) is 19.5 Å². The Labute approximate surface area is 134 Å². The molecule has 0 aromatic heterocycles. The van der Waals surface area contributed by atoms with Crippen LogP contribution in [0.4, 0.5) is 0 Å². The molecule has 4 nitrogen and oxygen atoms in total. The van der Waals surface area contributed by atoms with Crippen LogP contribution in [0, 0.1) is 0 Å². The summed E-state index contributed by atoms with van der Waals surface area (Å²) in [4.78, 5) is 34.3. The van der Waals surface area contributed by atoms with Crippen LogP contribution in [0.3, 0.4) is 0 Å². The van der Waals surface area contributed by atoms with Gasteiger partial charge in [0.2, 0.25) is 0 Å². The molecule has 0 heterocycles. The first-order valence-electron chi connectivity index (χ1n) is 0.816. The average molecular weight is 346 g/mol. The van der Waals surface area contributed by atoms with Crippen molar-refractivity contribution in [2.24, 2.45) is 0 Å². The van der Waals surface area contributed by atoms with Gasteiger partial charge in [-0.3, -0.25) is 0 Å². The topological polar surface area (TPSA) is 92.2 Å². The molecule has 32 valence electrons. The molecule has 9 heavy (non-hydrogen) atoms. The Morgan fingerprint density at radius 2 is 0.889 bits per heavy atom. The van der Waals surface area contributed by atoms with Gasteiger partial charge in [0.05, 0.1) is 0 Å². The second-order valence-corrected chi connectivity index (χ2v) is 1.50. The summed E-state index contributed by atoms with van der Waals surface area (Å²) >= 11 is 0. The van der Waals surface area contributed by atoms with Crippen LogP contribution < -0.4 is 19.2 Å². The molecule has 0 aliphatic rings. The van der Waals surface area contributed by atoms with Crippen LogP contribution in [0.25, 0.3) is 0 Å². The summed E-state index contributed by atoms with van der Waals surface area (Å²) in [5, 5.41) is 0. The summed E-state index contributed by atoms with van der Waals surface area (Å²) in [6.07, 6.45) is 0. The smallest absolute Gasteiger partial charge is 0.894 e. The van der Waals surface area contributed by atoms with Crippen LogP contribution in [0.5, 0.6) is 0 Å². The van der Waals surface area contributed by atoms with Crippen molar-refractivity contribution in [3.8, 4) is 0 Å². The molecule has 0 saturated carbocycles. The SMILES string of the molecule is [Al+3].[Ba+2].[Mg+2].[O-][Si]([O-])([O-])[O-].[Zn+2]. The fourth-order valence-electron chi connectivity index (χ4n) is 0. The molecule has 0 aliphatic heterocycles. The summed E-state index contributed by atoms with van der Waals surface area (Å²) in [5.74, 6) is 0. The number of rotatable bonds is 0. The molecular weight excluding hydrogens is 346 g/mol. The molecule has 0 fully saturated rings. The normalized spacial score (nSPS) is 6.67. The van der Waals surface area contributed by atoms with Crippen molar-refractivity contribution < 1.29 is 38.7 Å². The molecule has 0 aliphatic carbocycles. The Morgan fingerprint density at radius 3 is 0.889 bits per heavy atom. The van der Waals surface area contributed by atoms with Crippen molar-refractivity contribution in [3.05, 3.63) is 0 Å². The first kappa shape index (κ1) is 29.4. The summed E-state index contributed by atoms with van der Waals surface area (Å²) < 4.78 is 0. The molecule has 0 bridgehead atoms. The van der Waals surface area contributed by atoms with Crippen molar-refractivity contribution >= 4 is 98.3 Å². The van der Waals surface area contributed by atoms with Gasteiger partial charge in [-0.25, -0.2) is 0 Å². The first-order valence-corrected chi connectivity index (χ1v) is 2.45. The van der Waals surface area contributed by atoms with E-state index in [1.165, 1.54) is 0 Å². The molecule has 0 atom stereocenters. The second kappa shape index (κ2) is 14.1. The maximum atomic E-state index is 8.58. The van der Waals surface area contributed by atoms with E-state index in [1.807, 2.05) is 0 Å². The van der Waals surface area contributed by atoms with Gasteiger partial charge in [-0.15, -0.1) is 0 Å². The maximum absolute atomic E-state index is 8.58. The van der Waals surface area contributed by atoms with Crippen molar-refractivity contribution in [2.75, 3.05) is 0 Å². The van der Waals surface area contributed by atoms with Gasteiger partial charge in [0, 0.05) is 0 Å². The van der Waals surface area contributed by atoms with E-state index in [2.05, 4.69) is 0 Å². The van der Waals surface area contributed by atoms with E-state index >= 15 is 0 Å². The minimum Gasteiger partial charge on any atom is -0.894 e. The molecular formula is AlBaMgO4SiZn+5. The minimum atomic E-state index is -5.61. The minimum absolute atomic E-state index is 0. The van der Waals surface area contributed by atoms with E-state index in [1.54, 1.807) is 0 Å². The molecule has 0 aromatic rings. The molecule has 0 amide bonds. The predicted octanol–water partition coefficient (Wildman–Crippen LogP) is -6.28. The largest absolute Gasteiger partial charge is 3.00 e. The predicted molar refractivity (Wildman–Crippen MR) is 23.0 cm³/mol. The quantitative estimate of drug-likeness (QED) is 0.408. The van der Waals surface area contributed by atoms with Gasteiger partial charge >= 0.3 is 109 Å². The van der Waals surface area contributed by atoms with Gasteiger partial charge in [0.1, 0.15) is 0 Å². The zero-order chi connectivity index (χ0) is 4.50. The van der Waals surface area contributed by atoms with Crippen LogP contribution in [0.2, 0.25) is 0 Å². The third kappa shape index (κ3) is 83.6. The number of hydrogen-bond acceptors (Lipinski definition) is 4. The molecule has 0 radical (unpaired) electrons. The Bertz CT molecular complexity index is 36.0. The molecule has 0 N–H and O–H groups in total. The summed E-state index contributed by atoms with van der Waals surface area (Å²) in [5.41, 5.74) is 0. The van der Waals surface area contributed by atoms with Gasteiger partial charge in [-0.2, -0.15) is 0 Å². The van der Waals surface area contributed by atoms with Crippen molar-refractivity contribution in [3.63, 3.8) is 0 Å². The van der Waals surface area contributed by atoms with Gasteiger partial charge in [0.15, 0.2) is 0 Å². The Hall–Kier alpha value is 3.55. The molecule has 0 saturated heterocycles. The van der Waals surface area contributed by atoms with Gasteiger partial charge in [-0.1, -0.05) is 0 Å². The second-order valence-electron chi connectivity index (χ2n) is 0.500. The van der Waals surface area contributed by atoms with Gasteiger partial charge < -0.3 is 28.2 Å². The number of hydrogen-bond donors (Lipinski definition) is 0. The fraction of sp³-hybridized carbons (Fsp3) is 0. The summed E-state index contributed by atoms with van der Waals surface area (Å²) in [6, 6.07) is 0. The third-order valence-electron chi connectivity index (χ3n) is 0. The monoisotopic (exact) mass is 345 g/mol. The molecule has 0 spiro atoms. The van der Waals surface area contributed by atoms with E-state index in [9.17, 15) is 0 Å². The van der Waals surface area contributed by atoms with Crippen LogP contribution in [-0.4, -0.2) is 98.3 Å². The zero-order valence-corrected chi connectivity index (χ0v) is 15.8. The molecule has 0 unspecified atom stereocenters. The van der Waals surface area contributed by atoms with E-state index in [0.29, 0.717) is 0 Å². The average Bonchev–Trinajstić information content (AvgIpc) is 0.722. The van der Waals surface area contributed by atoms with Crippen molar-refractivity contribution in [2.45, 2.75) is 0 Å². The van der Waals surface area contributed by atoms with E-state index in [4.69, 9.17) is 19.2 Å². The van der Waals surface area contributed by atoms with Crippen LogP contribution >= 0.6 is 0 Å². The maximum Gasteiger partial charge on any atom is 3.00 e. The summed E-state index contributed by atoms with van der Waals surface area (Å²) in [7, 11) is -5.61. The van der Waals surface area contributed by atoms with Gasteiger partial charge in [-0.05, 0) is 0 Å². The van der Waals surface area contributed by atoms with Crippen LogP contribution in [0.1, 0.15) is 0 Å². The summed E-state index contributed by atoms with van der Waals surface area (Å²) in [6.45, 7) is 0. The van der Waals surface area contributed by atoms with Crippen LogP contribution in [0.15, 0.2) is 0 Å². The molecule has 9 heteroatoms. The molecule has 0 rings (SSSR count). The first-order chi connectivity index (χ1) is 2.00. The molecule has 0 aromatic carbocycles. The van der Waals surface area contributed by atoms with Gasteiger partial charge in [0.25, 0.3) is 0 Å². The third-order valence-corrected chi connectivity index (χ3v) is 0. The fourth-order valence-corrected chi connectivity index (χ4v) is 0. The Morgan fingerprint density at radius 1 is 0.889 bits per heavy atom. The Kier molecular flexibility index (Phi) is 46.0. The van der Waals surface area contributed by atoms with E-state index in [0.717, 1.165) is 0 Å². The van der Waals surface area contributed by atoms with E-state index < -0.39 is 9.05 Å².